The molecule has 0 bridgehead atoms. The van der Waals surface area contributed by atoms with Crippen molar-refractivity contribution in [2.45, 2.75) is 19.6 Å². The van der Waals surface area contributed by atoms with Crippen molar-refractivity contribution in [3.8, 4) is 11.5 Å². The highest BCUT2D eigenvalue weighted by Gasteiger charge is 2.15. The van der Waals surface area contributed by atoms with Crippen LogP contribution in [-0.4, -0.2) is 18.2 Å². The van der Waals surface area contributed by atoms with Gasteiger partial charge in [0.2, 0.25) is 0 Å². The molecule has 0 spiro atoms. The predicted octanol–water partition coefficient (Wildman–Crippen LogP) is 5.34. The standard InChI is InChI=1S/C27H24N2O3/c1-20(32-26-16-8-13-23-12-5-6-15-25(23)26)27(30)29-28-18-22-11-7-14-24(17-22)31-19-21-9-3-2-4-10-21/h2-18,20H,19H2,1H3,(H,29,30)/b28-18-/t20-/m0/s1. The van der Waals surface area contributed by atoms with E-state index in [1.807, 2.05) is 97.1 Å². The molecule has 160 valence electrons. The maximum atomic E-state index is 12.4. The number of hydrogen-bond acceptors (Lipinski definition) is 4. The number of amides is 1. The molecule has 32 heavy (non-hydrogen) atoms. The summed E-state index contributed by atoms with van der Waals surface area (Å²) in [7, 11) is 0. The third-order valence-corrected chi connectivity index (χ3v) is 4.92. The minimum Gasteiger partial charge on any atom is -0.489 e. The average molecular weight is 425 g/mol. The second-order valence-electron chi connectivity index (χ2n) is 7.32. The smallest absolute Gasteiger partial charge is 0.280 e. The number of fused-ring (bicyclic) bond motifs is 1. The molecule has 0 saturated heterocycles. The summed E-state index contributed by atoms with van der Waals surface area (Å²) in [4.78, 5) is 12.4. The van der Waals surface area contributed by atoms with E-state index < -0.39 is 6.10 Å². The Hall–Kier alpha value is -4.12. The highest BCUT2D eigenvalue weighted by atomic mass is 16.5. The lowest BCUT2D eigenvalue weighted by molar-refractivity contribution is -0.127. The Morgan fingerprint density at radius 1 is 0.938 bits per heavy atom. The van der Waals surface area contributed by atoms with Gasteiger partial charge in [-0.05, 0) is 41.6 Å². The molecule has 1 N–H and O–H groups in total. The zero-order valence-electron chi connectivity index (χ0n) is 17.8. The molecule has 1 amide bonds. The number of hydrazone groups is 1. The Bertz CT molecular complexity index is 1220. The first-order valence-electron chi connectivity index (χ1n) is 10.4. The third-order valence-electron chi connectivity index (χ3n) is 4.92. The molecular formula is C27H24N2O3. The average Bonchev–Trinajstić information content (AvgIpc) is 2.84. The summed E-state index contributed by atoms with van der Waals surface area (Å²) in [6, 6.07) is 31.2. The van der Waals surface area contributed by atoms with Gasteiger partial charge >= 0.3 is 0 Å². The van der Waals surface area contributed by atoms with Gasteiger partial charge in [0.25, 0.3) is 5.91 Å². The molecule has 1 atom stereocenters. The van der Waals surface area contributed by atoms with Crippen molar-refractivity contribution >= 4 is 22.9 Å². The Kier molecular flexibility index (Phi) is 6.78. The zero-order chi connectivity index (χ0) is 22.2. The molecule has 0 heterocycles. The van der Waals surface area contributed by atoms with Gasteiger partial charge in [-0.1, -0.05) is 78.9 Å². The second kappa shape index (κ2) is 10.3. The van der Waals surface area contributed by atoms with Gasteiger partial charge in [-0.2, -0.15) is 5.10 Å². The normalized spacial score (nSPS) is 11.9. The van der Waals surface area contributed by atoms with Crippen molar-refractivity contribution in [1.29, 1.82) is 0 Å². The van der Waals surface area contributed by atoms with Crippen molar-refractivity contribution in [3.63, 3.8) is 0 Å². The van der Waals surface area contributed by atoms with E-state index in [0.29, 0.717) is 12.4 Å². The molecule has 0 aliphatic heterocycles. The molecule has 4 rings (SSSR count). The van der Waals surface area contributed by atoms with Crippen LogP contribution in [0, 0.1) is 0 Å². The summed E-state index contributed by atoms with van der Waals surface area (Å²) >= 11 is 0. The topological polar surface area (TPSA) is 59.9 Å². The van der Waals surface area contributed by atoms with Crippen LogP contribution in [-0.2, 0) is 11.4 Å². The highest BCUT2D eigenvalue weighted by Crippen LogP contribution is 2.26. The number of nitrogens with zero attached hydrogens (tertiary/aromatic N) is 1. The van der Waals surface area contributed by atoms with E-state index >= 15 is 0 Å². The molecule has 5 heteroatoms. The summed E-state index contributed by atoms with van der Waals surface area (Å²) in [6.07, 6.45) is 0.885. The molecule has 0 fully saturated rings. The lowest BCUT2D eigenvalue weighted by atomic mass is 10.1. The van der Waals surface area contributed by atoms with Crippen LogP contribution in [0.3, 0.4) is 0 Å². The molecule has 0 aromatic heterocycles. The molecule has 0 radical (unpaired) electrons. The van der Waals surface area contributed by atoms with Crippen molar-refractivity contribution in [1.82, 2.24) is 5.43 Å². The fourth-order valence-electron chi connectivity index (χ4n) is 3.23. The Morgan fingerprint density at radius 2 is 1.69 bits per heavy atom. The summed E-state index contributed by atoms with van der Waals surface area (Å²) in [5, 5.41) is 6.09. The first kappa shape index (κ1) is 21.1. The van der Waals surface area contributed by atoms with Crippen molar-refractivity contribution in [3.05, 3.63) is 108 Å². The monoisotopic (exact) mass is 424 g/mol. The largest absolute Gasteiger partial charge is 0.489 e. The molecule has 0 aliphatic rings. The number of carbonyl (C=O) groups excluding carboxylic acids is 1. The summed E-state index contributed by atoms with van der Waals surface area (Å²) in [5.41, 5.74) is 4.46. The molecule has 4 aromatic rings. The molecular weight excluding hydrogens is 400 g/mol. The predicted molar refractivity (Wildman–Crippen MR) is 127 cm³/mol. The molecule has 5 nitrogen and oxygen atoms in total. The molecule has 0 unspecified atom stereocenters. The number of nitrogens with one attached hydrogen (secondary N) is 1. The lowest BCUT2D eigenvalue weighted by Crippen LogP contribution is -2.33. The minimum absolute atomic E-state index is 0.328. The first-order chi connectivity index (χ1) is 15.7. The van der Waals surface area contributed by atoms with Gasteiger partial charge in [0.1, 0.15) is 18.1 Å². The van der Waals surface area contributed by atoms with Gasteiger partial charge in [-0.15, -0.1) is 0 Å². The first-order valence-corrected chi connectivity index (χ1v) is 10.4. The van der Waals surface area contributed by atoms with Gasteiger partial charge in [0.15, 0.2) is 6.10 Å². The number of carbonyl (C=O) groups is 1. The lowest BCUT2D eigenvalue weighted by Gasteiger charge is -2.14. The molecule has 4 aromatic carbocycles. The van der Waals surface area contributed by atoms with Gasteiger partial charge in [-0.3, -0.25) is 4.79 Å². The Labute approximate surface area is 187 Å². The van der Waals surface area contributed by atoms with E-state index in [9.17, 15) is 4.79 Å². The quantitative estimate of drug-likeness (QED) is 0.307. The van der Waals surface area contributed by atoms with Crippen LogP contribution in [0.25, 0.3) is 10.8 Å². The SMILES string of the molecule is C[C@H](Oc1cccc2ccccc12)C(=O)N/N=C\c1cccc(OCc2ccccc2)c1. The van der Waals surface area contributed by atoms with Crippen LogP contribution in [0.2, 0.25) is 0 Å². The van der Waals surface area contributed by atoms with E-state index in [0.717, 1.165) is 27.6 Å². The molecule has 0 saturated carbocycles. The van der Waals surface area contributed by atoms with Crippen LogP contribution >= 0.6 is 0 Å². The minimum atomic E-state index is -0.696. The van der Waals surface area contributed by atoms with Crippen LogP contribution in [0.1, 0.15) is 18.1 Å². The van der Waals surface area contributed by atoms with Crippen molar-refractivity contribution < 1.29 is 14.3 Å². The zero-order valence-corrected chi connectivity index (χ0v) is 17.8. The van der Waals surface area contributed by atoms with E-state index in [2.05, 4.69) is 10.5 Å². The van der Waals surface area contributed by atoms with E-state index in [1.54, 1.807) is 13.1 Å². The van der Waals surface area contributed by atoms with Crippen LogP contribution in [0.4, 0.5) is 0 Å². The maximum absolute atomic E-state index is 12.4. The summed E-state index contributed by atoms with van der Waals surface area (Å²) < 4.78 is 11.7. The van der Waals surface area contributed by atoms with E-state index in [1.165, 1.54) is 0 Å². The number of ether oxygens (including phenoxy) is 2. The van der Waals surface area contributed by atoms with Gasteiger partial charge in [-0.25, -0.2) is 5.43 Å². The Morgan fingerprint density at radius 3 is 2.56 bits per heavy atom. The number of rotatable bonds is 8. The fraction of sp³-hybridized carbons (Fsp3) is 0.111. The van der Waals surface area contributed by atoms with Gasteiger partial charge in [0, 0.05) is 5.39 Å². The number of hydrogen-bond donors (Lipinski definition) is 1. The number of benzene rings is 4. The fourth-order valence-corrected chi connectivity index (χ4v) is 3.23. The van der Waals surface area contributed by atoms with Crippen molar-refractivity contribution in [2.24, 2.45) is 5.10 Å². The van der Waals surface area contributed by atoms with Crippen LogP contribution in [0.5, 0.6) is 11.5 Å². The highest BCUT2D eigenvalue weighted by molar-refractivity contribution is 5.89. The van der Waals surface area contributed by atoms with E-state index in [4.69, 9.17) is 9.47 Å². The third kappa shape index (κ3) is 5.52. The van der Waals surface area contributed by atoms with Crippen molar-refractivity contribution in [2.75, 3.05) is 0 Å². The van der Waals surface area contributed by atoms with Crippen LogP contribution in [0.15, 0.2) is 102 Å². The molecule has 0 aliphatic carbocycles. The summed E-state index contributed by atoms with van der Waals surface area (Å²) in [6.45, 7) is 2.19. The maximum Gasteiger partial charge on any atom is 0.280 e. The van der Waals surface area contributed by atoms with Gasteiger partial charge < -0.3 is 9.47 Å². The van der Waals surface area contributed by atoms with Crippen LogP contribution < -0.4 is 14.9 Å². The Balaban J connectivity index is 1.32. The van der Waals surface area contributed by atoms with E-state index in [-0.39, 0.29) is 5.91 Å². The van der Waals surface area contributed by atoms with Gasteiger partial charge in [0.05, 0.1) is 6.21 Å². The summed E-state index contributed by atoms with van der Waals surface area (Å²) in [5.74, 6) is 1.07. The second-order valence-corrected chi connectivity index (χ2v) is 7.32.